The van der Waals surface area contributed by atoms with Gasteiger partial charge in [-0.15, -0.1) is 0 Å². The number of hydrogen-bond acceptors (Lipinski definition) is 1. The monoisotopic (exact) mass is 588 g/mol. The molecule has 0 aliphatic carbocycles. The van der Waals surface area contributed by atoms with Crippen LogP contribution in [0.4, 0.5) is 0 Å². The maximum Gasteiger partial charge on any atom is 0.0334 e. The quantitative estimate of drug-likeness (QED) is 0.193. The van der Waals surface area contributed by atoms with Crippen LogP contribution in [0, 0.1) is 11.8 Å². The molecular weight excluding hydrogens is 518 g/mol. The fourth-order valence-electron chi connectivity index (χ4n) is 4.43. The van der Waals surface area contributed by atoms with Crippen molar-refractivity contribution in [2.24, 2.45) is 11.8 Å². The van der Waals surface area contributed by atoms with E-state index in [0.717, 1.165) is 36.1 Å². The Bertz CT molecular complexity index is 967. The van der Waals surface area contributed by atoms with E-state index in [-0.39, 0.29) is 0 Å². The lowest BCUT2D eigenvalue weighted by Gasteiger charge is -2.13. The number of aryl methyl sites for hydroxylation is 1. The molecule has 0 aliphatic heterocycles. The molecule has 0 aliphatic rings. The predicted octanol–water partition coefficient (Wildman–Crippen LogP) is 13.5. The maximum absolute atomic E-state index is 4.03. The first-order chi connectivity index (χ1) is 20.7. The summed E-state index contributed by atoms with van der Waals surface area (Å²) in [6.45, 7) is 30.8. The first-order valence-corrected chi connectivity index (χ1v) is 17.3. The topological polar surface area (TPSA) is 12.0 Å². The summed E-state index contributed by atoms with van der Waals surface area (Å²) in [7, 11) is 0. The first-order valence-electron chi connectivity index (χ1n) is 17.3. The summed E-state index contributed by atoms with van der Waals surface area (Å²) < 4.78 is 0. The average Bonchev–Trinajstić information content (AvgIpc) is 3.02. The summed E-state index contributed by atoms with van der Waals surface area (Å²) in [6, 6.07) is 19.2. The summed E-state index contributed by atoms with van der Waals surface area (Å²) in [5.41, 5.74) is 7.15. The summed E-state index contributed by atoms with van der Waals surface area (Å²) in [5, 5.41) is 3.36. The van der Waals surface area contributed by atoms with Crippen LogP contribution in [-0.2, 0) is 6.42 Å². The van der Waals surface area contributed by atoms with Gasteiger partial charge in [0.15, 0.2) is 0 Å². The van der Waals surface area contributed by atoms with E-state index < -0.39 is 0 Å². The Balaban J connectivity index is 0. The molecule has 0 spiro atoms. The highest BCUT2D eigenvalue weighted by Crippen LogP contribution is 2.19. The van der Waals surface area contributed by atoms with Crippen molar-refractivity contribution in [3.05, 3.63) is 108 Å². The van der Waals surface area contributed by atoms with Crippen molar-refractivity contribution in [2.45, 2.75) is 127 Å². The van der Waals surface area contributed by atoms with Gasteiger partial charge in [-0.2, -0.15) is 0 Å². The SMILES string of the molecule is C=C(/C=C\C=C(C)C)C(=C)NCCC(C)CCCC.CC.CCCC(C)CCC.CCc1ccc(-c2ccccc2)cc1. The molecule has 1 heteroatoms. The Hall–Kier alpha value is -2.80. The molecule has 1 unspecified atom stereocenters. The number of nitrogens with one attached hydrogen (secondary N) is 1. The molecule has 0 saturated carbocycles. The number of allylic oxidation sites excluding steroid dienone is 4. The van der Waals surface area contributed by atoms with Gasteiger partial charge in [0, 0.05) is 12.2 Å². The second-order valence-corrected chi connectivity index (χ2v) is 11.7. The number of benzene rings is 2. The average molecular weight is 588 g/mol. The second kappa shape index (κ2) is 29.3. The van der Waals surface area contributed by atoms with E-state index in [0.29, 0.717) is 0 Å². The van der Waals surface area contributed by atoms with E-state index in [1.165, 1.54) is 73.6 Å². The highest BCUT2D eigenvalue weighted by atomic mass is 14.9. The lowest BCUT2D eigenvalue weighted by Crippen LogP contribution is -2.17. The predicted molar refractivity (Wildman–Crippen MR) is 200 cm³/mol. The van der Waals surface area contributed by atoms with Crippen molar-refractivity contribution < 1.29 is 0 Å². The largest absolute Gasteiger partial charge is 0.385 e. The summed E-state index contributed by atoms with van der Waals surface area (Å²) in [4.78, 5) is 0. The van der Waals surface area contributed by atoms with E-state index >= 15 is 0 Å². The molecule has 0 saturated heterocycles. The van der Waals surface area contributed by atoms with Gasteiger partial charge < -0.3 is 5.32 Å². The molecule has 1 N–H and O–H groups in total. The third-order valence-electron chi connectivity index (χ3n) is 7.17. The van der Waals surface area contributed by atoms with Gasteiger partial charge in [0.2, 0.25) is 0 Å². The van der Waals surface area contributed by atoms with Gasteiger partial charge in [-0.05, 0) is 60.8 Å². The molecule has 242 valence electrons. The Kier molecular flexibility index (Phi) is 28.8. The van der Waals surface area contributed by atoms with Crippen LogP contribution in [0.5, 0.6) is 0 Å². The third-order valence-corrected chi connectivity index (χ3v) is 7.17. The lowest BCUT2D eigenvalue weighted by molar-refractivity contribution is 0.465. The highest BCUT2D eigenvalue weighted by molar-refractivity contribution is 5.63. The van der Waals surface area contributed by atoms with Crippen molar-refractivity contribution in [2.75, 3.05) is 6.54 Å². The number of rotatable bonds is 16. The molecular formula is C42H69N. The summed E-state index contributed by atoms with van der Waals surface area (Å²) >= 11 is 0. The fraction of sp³-hybridized carbons (Fsp3) is 0.524. The van der Waals surface area contributed by atoms with Gasteiger partial charge in [-0.3, -0.25) is 0 Å². The number of unbranched alkanes of at least 4 members (excludes halogenated alkanes) is 1. The van der Waals surface area contributed by atoms with Gasteiger partial charge in [-0.1, -0.05) is 192 Å². The minimum atomic E-state index is 0.787. The zero-order valence-electron chi connectivity index (χ0n) is 30.1. The van der Waals surface area contributed by atoms with Crippen molar-refractivity contribution in [1.29, 1.82) is 0 Å². The standard InChI is InChI=1S/C18H31N.C14H14.C8H18.C2H6/c1-7-8-11-16(4)13-14-19-18(6)17(5)12-9-10-15(2)3;1-2-12-8-10-14(11-9-12)13-6-4-3-5-7-13;1-4-6-8(3)7-5-2;1-2/h9-10,12,16,19H,5-8,11,13-14H2,1-4H3;3-11H,2H2,1H3;8H,4-7H2,1-3H3;1-2H3/b12-9-;;;. The Labute approximate surface area is 269 Å². The van der Waals surface area contributed by atoms with E-state index in [9.17, 15) is 0 Å². The van der Waals surface area contributed by atoms with Gasteiger partial charge in [0.05, 0.1) is 0 Å². The van der Waals surface area contributed by atoms with Crippen molar-refractivity contribution in [1.82, 2.24) is 5.32 Å². The molecule has 2 rings (SSSR count). The Morgan fingerprint density at radius 1 is 0.721 bits per heavy atom. The molecule has 0 heterocycles. The van der Waals surface area contributed by atoms with Crippen LogP contribution < -0.4 is 5.32 Å². The third kappa shape index (κ3) is 24.3. The van der Waals surface area contributed by atoms with Crippen molar-refractivity contribution >= 4 is 0 Å². The van der Waals surface area contributed by atoms with Gasteiger partial charge >= 0.3 is 0 Å². The van der Waals surface area contributed by atoms with Crippen LogP contribution in [0.2, 0.25) is 0 Å². The van der Waals surface area contributed by atoms with Crippen LogP contribution in [0.1, 0.15) is 126 Å². The molecule has 0 amide bonds. The summed E-state index contributed by atoms with van der Waals surface area (Å²) in [5.74, 6) is 1.75. The minimum absolute atomic E-state index is 0.787. The molecule has 1 atom stereocenters. The van der Waals surface area contributed by atoms with Crippen LogP contribution in [0.3, 0.4) is 0 Å². The lowest BCUT2D eigenvalue weighted by atomic mass is 10.0. The van der Waals surface area contributed by atoms with Crippen molar-refractivity contribution in [3.63, 3.8) is 0 Å². The van der Waals surface area contributed by atoms with Gasteiger partial charge in [0.1, 0.15) is 0 Å². The first kappa shape index (κ1) is 42.3. The second-order valence-electron chi connectivity index (χ2n) is 11.7. The normalized spacial score (nSPS) is 10.8. The van der Waals surface area contributed by atoms with E-state index in [4.69, 9.17) is 0 Å². The van der Waals surface area contributed by atoms with E-state index in [2.05, 4.69) is 128 Å². The molecule has 0 radical (unpaired) electrons. The molecule has 2 aromatic carbocycles. The fourth-order valence-corrected chi connectivity index (χ4v) is 4.43. The van der Waals surface area contributed by atoms with Crippen molar-refractivity contribution in [3.8, 4) is 11.1 Å². The minimum Gasteiger partial charge on any atom is -0.385 e. The summed E-state index contributed by atoms with van der Waals surface area (Å²) in [6.07, 6.45) is 17.9. The van der Waals surface area contributed by atoms with Crippen LogP contribution in [-0.4, -0.2) is 6.54 Å². The maximum atomic E-state index is 4.03. The van der Waals surface area contributed by atoms with Gasteiger partial charge in [0.25, 0.3) is 0 Å². The van der Waals surface area contributed by atoms with Gasteiger partial charge in [-0.25, -0.2) is 0 Å². The van der Waals surface area contributed by atoms with E-state index in [1.54, 1.807) is 0 Å². The molecule has 0 fully saturated rings. The number of hydrogen-bond donors (Lipinski definition) is 1. The van der Waals surface area contributed by atoms with Crippen LogP contribution in [0.25, 0.3) is 11.1 Å². The van der Waals surface area contributed by atoms with E-state index in [1.807, 2.05) is 32.1 Å². The molecule has 0 bridgehead atoms. The Morgan fingerprint density at radius 3 is 1.74 bits per heavy atom. The molecule has 0 aromatic heterocycles. The van der Waals surface area contributed by atoms with Crippen LogP contribution >= 0.6 is 0 Å². The molecule has 43 heavy (non-hydrogen) atoms. The zero-order valence-corrected chi connectivity index (χ0v) is 30.1. The zero-order chi connectivity index (χ0) is 32.9. The molecule has 2 aromatic rings. The Morgan fingerprint density at radius 2 is 1.26 bits per heavy atom. The van der Waals surface area contributed by atoms with Crippen LogP contribution in [0.15, 0.2) is 103 Å². The molecule has 1 nitrogen and oxygen atoms in total. The highest BCUT2D eigenvalue weighted by Gasteiger charge is 2.02. The smallest absolute Gasteiger partial charge is 0.0334 e.